The summed E-state index contributed by atoms with van der Waals surface area (Å²) in [6.45, 7) is 2.77. The molecule has 0 amide bonds. The number of anilines is 1. The second-order valence-corrected chi connectivity index (χ2v) is 5.65. The van der Waals surface area contributed by atoms with E-state index in [2.05, 4.69) is 20.3 Å². The minimum absolute atomic E-state index is 0.150. The van der Waals surface area contributed by atoms with Gasteiger partial charge in [-0.3, -0.25) is 0 Å². The fourth-order valence-corrected chi connectivity index (χ4v) is 2.79. The van der Waals surface area contributed by atoms with Gasteiger partial charge in [-0.05, 0) is 32.3 Å². The zero-order valence-corrected chi connectivity index (χ0v) is 12.7. The minimum Gasteiger partial charge on any atom is -0.341 e. The summed E-state index contributed by atoms with van der Waals surface area (Å²) in [6.07, 6.45) is 1.48. The van der Waals surface area contributed by atoms with Crippen LogP contribution in [0.25, 0.3) is 0 Å². The number of alkyl halides is 3. The third-order valence-electron chi connectivity index (χ3n) is 3.93. The van der Waals surface area contributed by atoms with Gasteiger partial charge >= 0.3 is 6.18 Å². The highest BCUT2D eigenvalue weighted by molar-refractivity contribution is 5.33. The Labute approximate surface area is 131 Å². The van der Waals surface area contributed by atoms with Crippen molar-refractivity contribution in [2.75, 3.05) is 18.0 Å². The molecule has 124 valence electrons. The summed E-state index contributed by atoms with van der Waals surface area (Å²) in [5.74, 6) is 0.150. The summed E-state index contributed by atoms with van der Waals surface area (Å²) in [7, 11) is 0. The molecule has 1 unspecified atom stereocenters. The topological polar surface area (TPSA) is 59.7 Å². The Morgan fingerprint density at radius 3 is 2.70 bits per heavy atom. The quantitative estimate of drug-likeness (QED) is 0.849. The van der Waals surface area contributed by atoms with Gasteiger partial charge in [-0.15, -0.1) is 5.10 Å². The molecule has 0 spiro atoms. The van der Waals surface area contributed by atoms with Crippen LogP contribution in [0.1, 0.15) is 36.7 Å². The van der Waals surface area contributed by atoms with Crippen molar-refractivity contribution in [3.63, 3.8) is 0 Å². The van der Waals surface area contributed by atoms with Gasteiger partial charge in [0, 0.05) is 25.0 Å². The fourth-order valence-electron chi connectivity index (χ4n) is 2.79. The Kier molecular flexibility index (Phi) is 4.18. The van der Waals surface area contributed by atoms with Gasteiger partial charge in [0.15, 0.2) is 0 Å². The van der Waals surface area contributed by atoms with Crippen molar-refractivity contribution in [3.05, 3.63) is 29.8 Å². The highest BCUT2D eigenvalue weighted by Gasteiger charge is 2.34. The molecule has 0 bridgehead atoms. The lowest BCUT2D eigenvalue weighted by molar-refractivity contribution is -0.141. The number of hydrogen-bond acceptors (Lipinski definition) is 5. The van der Waals surface area contributed by atoms with Crippen LogP contribution < -0.4 is 4.90 Å². The molecule has 0 saturated carbocycles. The SMILES string of the molecule is Cc1cc(C(F)(F)F)nc(N2CCCC(n3ccnn3)CC2)n1. The van der Waals surface area contributed by atoms with Crippen LogP contribution in [0.5, 0.6) is 0 Å². The third-order valence-corrected chi connectivity index (χ3v) is 3.93. The van der Waals surface area contributed by atoms with Crippen molar-refractivity contribution in [3.8, 4) is 0 Å². The Morgan fingerprint density at radius 1 is 1.17 bits per heavy atom. The highest BCUT2D eigenvalue weighted by Crippen LogP contribution is 2.30. The molecule has 1 atom stereocenters. The van der Waals surface area contributed by atoms with Crippen molar-refractivity contribution in [2.45, 2.75) is 38.4 Å². The summed E-state index contributed by atoms with van der Waals surface area (Å²) >= 11 is 0. The van der Waals surface area contributed by atoms with E-state index in [1.54, 1.807) is 13.1 Å². The molecule has 3 rings (SSSR count). The van der Waals surface area contributed by atoms with E-state index in [9.17, 15) is 13.2 Å². The van der Waals surface area contributed by atoms with Gasteiger partial charge in [0.1, 0.15) is 5.69 Å². The molecule has 23 heavy (non-hydrogen) atoms. The first-order valence-corrected chi connectivity index (χ1v) is 7.47. The maximum absolute atomic E-state index is 12.9. The van der Waals surface area contributed by atoms with E-state index in [1.807, 2.05) is 15.8 Å². The number of halogens is 3. The summed E-state index contributed by atoms with van der Waals surface area (Å²) in [6, 6.07) is 1.17. The van der Waals surface area contributed by atoms with E-state index in [0.29, 0.717) is 18.8 Å². The molecule has 2 aromatic heterocycles. The van der Waals surface area contributed by atoms with Crippen LogP contribution >= 0.6 is 0 Å². The smallest absolute Gasteiger partial charge is 0.341 e. The number of aromatic nitrogens is 5. The van der Waals surface area contributed by atoms with Crippen LogP contribution in [-0.4, -0.2) is 38.1 Å². The van der Waals surface area contributed by atoms with Crippen LogP contribution in [0.2, 0.25) is 0 Å². The standard InChI is InChI=1S/C14H17F3N6/c1-10-9-12(14(15,16)17)20-13(19-10)22-6-2-3-11(4-7-22)23-8-5-18-21-23/h5,8-9,11H,2-4,6-7H2,1H3. The van der Waals surface area contributed by atoms with Crippen LogP contribution in [-0.2, 0) is 6.18 Å². The van der Waals surface area contributed by atoms with E-state index in [4.69, 9.17) is 0 Å². The molecule has 9 heteroatoms. The highest BCUT2D eigenvalue weighted by atomic mass is 19.4. The van der Waals surface area contributed by atoms with Gasteiger partial charge in [0.2, 0.25) is 5.95 Å². The first kappa shape index (κ1) is 15.7. The largest absolute Gasteiger partial charge is 0.433 e. The van der Waals surface area contributed by atoms with Crippen LogP contribution in [0.4, 0.5) is 19.1 Å². The van der Waals surface area contributed by atoms with Crippen molar-refractivity contribution >= 4 is 5.95 Å². The summed E-state index contributed by atoms with van der Waals surface area (Å²) in [5, 5.41) is 7.81. The van der Waals surface area contributed by atoms with E-state index < -0.39 is 11.9 Å². The monoisotopic (exact) mass is 326 g/mol. The Bertz CT molecular complexity index is 655. The molecule has 3 heterocycles. The molecule has 1 saturated heterocycles. The van der Waals surface area contributed by atoms with E-state index in [0.717, 1.165) is 25.3 Å². The predicted octanol–water partition coefficient (Wildman–Crippen LogP) is 2.63. The Hall–Kier alpha value is -2.19. The van der Waals surface area contributed by atoms with Crippen LogP contribution in [0.15, 0.2) is 18.5 Å². The number of hydrogen-bond donors (Lipinski definition) is 0. The van der Waals surface area contributed by atoms with Gasteiger partial charge in [-0.2, -0.15) is 13.2 Å². The second kappa shape index (κ2) is 6.13. The van der Waals surface area contributed by atoms with Crippen molar-refractivity contribution in [1.29, 1.82) is 0 Å². The van der Waals surface area contributed by atoms with Gasteiger partial charge in [-0.1, -0.05) is 5.21 Å². The lowest BCUT2D eigenvalue weighted by atomic mass is 10.1. The Morgan fingerprint density at radius 2 is 2.00 bits per heavy atom. The lowest BCUT2D eigenvalue weighted by Crippen LogP contribution is -2.27. The van der Waals surface area contributed by atoms with Crippen molar-refractivity contribution in [2.24, 2.45) is 0 Å². The van der Waals surface area contributed by atoms with Gasteiger partial charge < -0.3 is 4.90 Å². The van der Waals surface area contributed by atoms with Crippen LogP contribution in [0, 0.1) is 6.92 Å². The first-order chi connectivity index (χ1) is 10.9. The molecule has 0 aliphatic carbocycles. The van der Waals surface area contributed by atoms with Gasteiger partial charge in [0.05, 0.1) is 12.2 Å². The normalized spacial score (nSPS) is 19.7. The molecular weight excluding hydrogens is 309 g/mol. The second-order valence-electron chi connectivity index (χ2n) is 5.65. The summed E-state index contributed by atoms with van der Waals surface area (Å²) < 4.78 is 40.6. The van der Waals surface area contributed by atoms with Gasteiger partial charge in [0.25, 0.3) is 0 Å². The third kappa shape index (κ3) is 3.59. The Balaban J connectivity index is 1.78. The molecule has 6 nitrogen and oxygen atoms in total. The summed E-state index contributed by atoms with van der Waals surface area (Å²) in [5.41, 5.74) is -0.573. The molecule has 2 aromatic rings. The minimum atomic E-state index is -4.46. The predicted molar refractivity (Wildman–Crippen MR) is 76.9 cm³/mol. The lowest BCUT2D eigenvalue weighted by Gasteiger charge is -2.21. The number of rotatable bonds is 2. The fraction of sp³-hybridized carbons (Fsp3) is 0.571. The summed E-state index contributed by atoms with van der Waals surface area (Å²) in [4.78, 5) is 9.71. The molecule has 1 aliphatic heterocycles. The van der Waals surface area contributed by atoms with E-state index in [1.165, 1.54) is 0 Å². The average Bonchev–Trinajstić information content (AvgIpc) is 2.90. The first-order valence-electron chi connectivity index (χ1n) is 7.47. The number of aryl methyl sites for hydroxylation is 1. The van der Waals surface area contributed by atoms with Crippen molar-refractivity contribution < 1.29 is 13.2 Å². The van der Waals surface area contributed by atoms with E-state index >= 15 is 0 Å². The molecular formula is C14H17F3N6. The molecule has 1 fully saturated rings. The molecule has 1 aliphatic rings. The molecule has 0 aromatic carbocycles. The number of nitrogens with zero attached hydrogens (tertiary/aromatic N) is 6. The van der Waals surface area contributed by atoms with Crippen LogP contribution in [0.3, 0.4) is 0 Å². The zero-order valence-electron chi connectivity index (χ0n) is 12.7. The maximum atomic E-state index is 12.9. The van der Waals surface area contributed by atoms with Gasteiger partial charge in [-0.25, -0.2) is 14.6 Å². The average molecular weight is 326 g/mol. The van der Waals surface area contributed by atoms with Crippen molar-refractivity contribution in [1.82, 2.24) is 25.0 Å². The zero-order chi connectivity index (χ0) is 16.4. The molecule has 0 radical (unpaired) electrons. The van der Waals surface area contributed by atoms with E-state index in [-0.39, 0.29) is 12.0 Å². The molecule has 0 N–H and O–H groups in total. The maximum Gasteiger partial charge on any atom is 0.433 e.